The molecular formula is C13H20S. The molecule has 0 N–H and O–H groups in total. The molecule has 4 atom stereocenters. The van der Waals surface area contributed by atoms with Gasteiger partial charge in [-0.3, -0.25) is 0 Å². The van der Waals surface area contributed by atoms with Crippen LogP contribution in [0.3, 0.4) is 0 Å². The molecule has 4 aliphatic rings. The number of thiocarbonyl (C=S) groups is 1. The third kappa shape index (κ3) is 0.839. The number of rotatable bonds is 0. The molecule has 0 amide bonds. The number of hydrogen-bond acceptors (Lipinski definition) is 1. The van der Waals surface area contributed by atoms with Gasteiger partial charge in [0.2, 0.25) is 0 Å². The lowest BCUT2D eigenvalue weighted by Gasteiger charge is -2.65. The summed E-state index contributed by atoms with van der Waals surface area (Å²) < 4.78 is 0. The van der Waals surface area contributed by atoms with Gasteiger partial charge in [0, 0.05) is 10.3 Å². The van der Waals surface area contributed by atoms with Crippen molar-refractivity contribution in [2.24, 2.45) is 28.6 Å². The van der Waals surface area contributed by atoms with E-state index in [1.165, 1.54) is 30.5 Å². The Bertz CT molecular complexity index is 304. The van der Waals surface area contributed by atoms with Gasteiger partial charge in [0.25, 0.3) is 0 Å². The molecule has 4 saturated carbocycles. The third-order valence-electron chi connectivity index (χ3n) is 5.86. The zero-order valence-corrected chi connectivity index (χ0v) is 10.3. The first-order valence-corrected chi connectivity index (χ1v) is 6.40. The second-order valence-electron chi connectivity index (χ2n) is 6.59. The first kappa shape index (κ1) is 9.33. The summed E-state index contributed by atoms with van der Waals surface area (Å²) in [5.41, 5.74) is 0.856. The quantitative estimate of drug-likeness (QED) is 0.545. The third-order valence-corrected chi connectivity index (χ3v) is 6.64. The minimum Gasteiger partial charge on any atom is -0.0888 e. The summed E-state index contributed by atoms with van der Waals surface area (Å²) in [6.07, 6.45) is 5.69. The fourth-order valence-corrected chi connectivity index (χ4v) is 5.11. The predicted octanol–water partition coefficient (Wildman–Crippen LogP) is 3.84. The van der Waals surface area contributed by atoms with Crippen LogP contribution in [0.1, 0.15) is 46.5 Å². The summed E-state index contributed by atoms with van der Waals surface area (Å²) >= 11 is 5.74. The number of hydrogen-bond donors (Lipinski definition) is 0. The van der Waals surface area contributed by atoms with Crippen LogP contribution < -0.4 is 0 Å². The van der Waals surface area contributed by atoms with E-state index in [0.29, 0.717) is 10.8 Å². The maximum absolute atomic E-state index is 5.74. The molecule has 0 aromatic rings. The Hall–Kier alpha value is 0.0900. The molecule has 0 aliphatic heterocycles. The van der Waals surface area contributed by atoms with Crippen LogP contribution in [0.25, 0.3) is 0 Å². The molecule has 78 valence electrons. The van der Waals surface area contributed by atoms with E-state index in [9.17, 15) is 0 Å². The van der Waals surface area contributed by atoms with Crippen molar-refractivity contribution >= 4 is 17.1 Å². The Morgan fingerprint density at radius 3 is 2.57 bits per heavy atom. The molecule has 4 bridgehead atoms. The maximum atomic E-state index is 5.74. The van der Waals surface area contributed by atoms with Crippen LogP contribution in [-0.4, -0.2) is 4.86 Å². The van der Waals surface area contributed by atoms with Gasteiger partial charge >= 0.3 is 0 Å². The monoisotopic (exact) mass is 208 g/mol. The van der Waals surface area contributed by atoms with Crippen molar-refractivity contribution < 1.29 is 0 Å². The summed E-state index contributed by atoms with van der Waals surface area (Å²) in [4.78, 5) is 1.43. The van der Waals surface area contributed by atoms with Gasteiger partial charge in [0.05, 0.1) is 0 Å². The van der Waals surface area contributed by atoms with Gasteiger partial charge in [0.15, 0.2) is 0 Å². The highest BCUT2D eigenvalue weighted by molar-refractivity contribution is 7.80. The van der Waals surface area contributed by atoms with Gasteiger partial charge in [-0.1, -0.05) is 33.0 Å². The van der Waals surface area contributed by atoms with Crippen LogP contribution >= 0.6 is 12.2 Å². The topological polar surface area (TPSA) is 0 Å². The van der Waals surface area contributed by atoms with Crippen LogP contribution in [0.15, 0.2) is 0 Å². The smallest absolute Gasteiger partial charge is 0.00475 e. The molecular weight excluding hydrogens is 188 g/mol. The van der Waals surface area contributed by atoms with Crippen molar-refractivity contribution in [1.82, 2.24) is 0 Å². The van der Waals surface area contributed by atoms with E-state index in [2.05, 4.69) is 20.8 Å². The second kappa shape index (κ2) is 2.42. The maximum Gasteiger partial charge on any atom is 0.00475 e. The Balaban J connectivity index is 2.12. The average Bonchev–Trinajstić information content (AvgIpc) is 2.11. The zero-order chi connectivity index (χ0) is 10.1. The summed E-state index contributed by atoms with van der Waals surface area (Å²) in [7, 11) is 0. The lowest BCUT2D eigenvalue weighted by molar-refractivity contribution is -0.0668. The molecule has 0 spiro atoms. The van der Waals surface area contributed by atoms with Gasteiger partial charge < -0.3 is 0 Å². The molecule has 4 aliphatic carbocycles. The van der Waals surface area contributed by atoms with Crippen molar-refractivity contribution in [3.05, 3.63) is 0 Å². The van der Waals surface area contributed by atoms with Gasteiger partial charge in [-0.25, -0.2) is 0 Å². The lowest BCUT2D eigenvalue weighted by Crippen LogP contribution is -2.61. The summed E-state index contributed by atoms with van der Waals surface area (Å²) in [5, 5.41) is 0. The highest BCUT2D eigenvalue weighted by atomic mass is 32.1. The van der Waals surface area contributed by atoms with Gasteiger partial charge in [-0.05, 0) is 48.9 Å². The van der Waals surface area contributed by atoms with Crippen LogP contribution in [0.4, 0.5) is 0 Å². The molecule has 0 nitrogen and oxygen atoms in total. The van der Waals surface area contributed by atoms with Crippen molar-refractivity contribution in [2.75, 3.05) is 0 Å². The van der Waals surface area contributed by atoms with Crippen LogP contribution in [0.2, 0.25) is 0 Å². The minimum atomic E-state index is 0.386. The van der Waals surface area contributed by atoms with E-state index in [4.69, 9.17) is 12.2 Å². The predicted molar refractivity (Wildman–Crippen MR) is 63.4 cm³/mol. The van der Waals surface area contributed by atoms with E-state index < -0.39 is 0 Å². The van der Waals surface area contributed by atoms with Crippen molar-refractivity contribution in [1.29, 1.82) is 0 Å². The van der Waals surface area contributed by atoms with Crippen LogP contribution in [0.5, 0.6) is 0 Å². The first-order chi connectivity index (χ1) is 6.45. The van der Waals surface area contributed by atoms with Gasteiger partial charge in [-0.15, -0.1) is 0 Å². The molecule has 0 unspecified atom stereocenters. The van der Waals surface area contributed by atoms with E-state index >= 15 is 0 Å². The molecule has 1 heteroatoms. The Morgan fingerprint density at radius 2 is 1.86 bits per heavy atom. The van der Waals surface area contributed by atoms with Gasteiger partial charge in [-0.2, -0.15) is 0 Å². The van der Waals surface area contributed by atoms with Crippen molar-refractivity contribution in [3.63, 3.8) is 0 Å². The van der Waals surface area contributed by atoms with Crippen LogP contribution in [0, 0.1) is 28.6 Å². The summed E-state index contributed by atoms with van der Waals surface area (Å²) in [5.74, 6) is 2.76. The van der Waals surface area contributed by atoms with E-state index in [0.717, 1.165) is 17.8 Å². The fourth-order valence-electron chi connectivity index (χ4n) is 4.57. The average molecular weight is 208 g/mol. The zero-order valence-electron chi connectivity index (χ0n) is 9.47. The second-order valence-corrected chi connectivity index (χ2v) is 7.03. The van der Waals surface area contributed by atoms with E-state index in [-0.39, 0.29) is 0 Å². The molecule has 0 aromatic heterocycles. The van der Waals surface area contributed by atoms with E-state index in [1.54, 1.807) is 0 Å². The fraction of sp³-hybridized carbons (Fsp3) is 0.923. The summed E-state index contributed by atoms with van der Waals surface area (Å²) in [6.45, 7) is 7.36. The van der Waals surface area contributed by atoms with E-state index in [1.807, 2.05) is 0 Å². The van der Waals surface area contributed by atoms with Gasteiger partial charge in [0.1, 0.15) is 0 Å². The summed E-state index contributed by atoms with van der Waals surface area (Å²) in [6, 6.07) is 0. The Kier molecular flexibility index (Phi) is 1.62. The highest BCUT2D eigenvalue weighted by Crippen LogP contribution is 2.66. The normalized spacial score (nSPS) is 53.9. The molecule has 4 fully saturated rings. The standard InChI is InChI=1S/C13H20S/c1-12(2)10-5-8-4-9(6-10)11(14)13(12,3)7-8/h8-10H,4-7H2,1-3H3/t8-,9+,10-,13+/m0/s1. The molecule has 0 aromatic carbocycles. The van der Waals surface area contributed by atoms with Crippen molar-refractivity contribution in [2.45, 2.75) is 46.5 Å². The lowest BCUT2D eigenvalue weighted by atomic mass is 9.40. The first-order valence-electron chi connectivity index (χ1n) is 5.99. The van der Waals surface area contributed by atoms with Crippen molar-refractivity contribution in [3.8, 4) is 0 Å². The molecule has 0 saturated heterocycles. The largest absolute Gasteiger partial charge is 0.0888 e. The Morgan fingerprint density at radius 1 is 1.14 bits per heavy atom. The minimum absolute atomic E-state index is 0.386. The Labute approximate surface area is 92.5 Å². The molecule has 14 heavy (non-hydrogen) atoms. The highest BCUT2D eigenvalue weighted by Gasteiger charge is 2.61. The van der Waals surface area contributed by atoms with Crippen LogP contribution in [-0.2, 0) is 0 Å². The molecule has 4 rings (SSSR count). The molecule has 0 radical (unpaired) electrons. The molecule has 0 heterocycles. The SMILES string of the molecule is CC1(C)[C@H]2C[C@@H]3C[C@H](C2)C(=S)[C@@]1(C)C3.